The van der Waals surface area contributed by atoms with Crippen LogP contribution in [0.25, 0.3) is 0 Å². The highest BCUT2D eigenvalue weighted by Crippen LogP contribution is 2.33. The van der Waals surface area contributed by atoms with E-state index in [1.807, 2.05) is 0 Å². The smallest absolute Gasteiger partial charge is 0.0620 e. The Bertz CT molecular complexity index is 179. The van der Waals surface area contributed by atoms with Crippen molar-refractivity contribution >= 4 is 0 Å². The molecule has 2 nitrogen and oxygen atoms in total. The van der Waals surface area contributed by atoms with Crippen LogP contribution in [0.4, 0.5) is 0 Å². The maximum absolute atomic E-state index is 5.39. The van der Waals surface area contributed by atoms with Gasteiger partial charge in [-0.1, -0.05) is 32.6 Å². The van der Waals surface area contributed by atoms with Crippen molar-refractivity contribution in [3.05, 3.63) is 0 Å². The van der Waals surface area contributed by atoms with E-state index in [0.717, 1.165) is 13.2 Å². The second-order valence-electron chi connectivity index (χ2n) is 5.67. The lowest BCUT2D eigenvalue weighted by Crippen LogP contribution is -2.38. The Hall–Kier alpha value is -0.0800. The van der Waals surface area contributed by atoms with Crippen molar-refractivity contribution in [2.45, 2.75) is 57.9 Å². The molecule has 0 aromatic carbocycles. The summed E-state index contributed by atoms with van der Waals surface area (Å²) < 4.78 is 5.39. The van der Waals surface area contributed by atoms with Crippen molar-refractivity contribution in [3.63, 3.8) is 0 Å². The highest BCUT2D eigenvalue weighted by Gasteiger charge is 2.27. The number of hydrogen-bond donors (Lipinski definition) is 1. The second kappa shape index (κ2) is 5.31. The molecule has 0 amide bonds. The van der Waals surface area contributed by atoms with Crippen LogP contribution in [0.5, 0.6) is 0 Å². The van der Waals surface area contributed by atoms with E-state index in [1.54, 1.807) is 0 Å². The molecular formula is C13H25NO. The lowest BCUT2D eigenvalue weighted by Gasteiger charge is -2.29. The summed E-state index contributed by atoms with van der Waals surface area (Å²) in [5, 5.41) is 3.69. The molecule has 0 aromatic rings. The van der Waals surface area contributed by atoms with E-state index < -0.39 is 0 Å². The molecule has 0 spiro atoms. The standard InChI is InChI=1S/C13H25NO/c1-13(7-4-2-3-5-8-13)11-14-12-6-9-15-10-12/h12,14H,2-11H2,1H3. The van der Waals surface area contributed by atoms with Gasteiger partial charge in [-0.15, -0.1) is 0 Å². The quantitative estimate of drug-likeness (QED) is 0.725. The molecule has 1 aliphatic carbocycles. The normalized spacial score (nSPS) is 31.4. The molecule has 2 fully saturated rings. The first-order valence-corrected chi connectivity index (χ1v) is 6.60. The first kappa shape index (κ1) is 11.4. The van der Waals surface area contributed by atoms with Crippen LogP contribution in [0, 0.1) is 5.41 Å². The summed E-state index contributed by atoms with van der Waals surface area (Å²) in [7, 11) is 0. The molecule has 1 unspecified atom stereocenters. The van der Waals surface area contributed by atoms with Crippen molar-refractivity contribution in [2.24, 2.45) is 5.41 Å². The molecule has 15 heavy (non-hydrogen) atoms. The second-order valence-corrected chi connectivity index (χ2v) is 5.67. The molecule has 1 saturated carbocycles. The minimum Gasteiger partial charge on any atom is -0.380 e. The highest BCUT2D eigenvalue weighted by molar-refractivity contribution is 4.82. The molecule has 2 aliphatic rings. The minimum atomic E-state index is 0.555. The van der Waals surface area contributed by atoms with Gasteiger partial charge < -0.3 is 10.1 Å². The van der Waals surface area contributed by atoms with Crippen LogP contribution in [-0.4, -0.2) is 25.8 Å². The first-order valence-electron chi connectivity index (χ1n) is 6.60. The van der Waals surface area contributed by atoms with Gasteiger partial charge in [-0.3, -0.25) is 0 Å². The minimum absolute atomic E-state index is 0.555. The van der Waals surface area contributed by atoms with Crippen LogP contribution in [-0.2, 0) is 4.74 Å². The number of rotatable bonds is 3. The zero-order valence-corrected chi connectivity index (χ0v) is 10.1. The first-order chi connectivity index (χ1) is 7.29. The Morgan fingerprint density at radius 1 is 1.20 bits per heavy atom. The van der Waals surface area contributed by atoms with E-state index in [9.17, 15) is 0 Å². The summed E-state index contributed by atoms with van der Waals surface area (Å²) in [4.78, 5) is 0. The van der Waals surface area contributed by atoms with Crippen LogP contribution in [0.15, 0.2) is 0 Å². The summed E-state index contributed by atoms with van der Waals surface area (Å²) in [5.74, 6) is 0. The van der Waals surface area contributed by atoms with Crippen molar-refractivity contribution < 1.29 is 4.74 Å². The summed E-state index contributed by atoms with van der Waals surface area (Å²) >= 11 is 0. The molecule has 0 aromatic heterocycles. The highest BCUT2D eigenvalue weighted by atomic mass is 16.5. The zero-order valence-electron chi connectivity index (χ0n) is 10.1. The number of nitrogens with one attached hydrogen (secondary N) is 1. The van der Waals surface area contributed by atoms with Gasteiger partial charge in [0.1, 0.15) is 0 Å². The SMILES string of the molecule is CC1(CNC2CCOC2)CCCCCC1. The third-order valence-corrected chi connectivity index (χ3v) is 4.06. The van der Waals surface area contributed by atoms with E-state index in [2.05, 4.69) is 12.2 Å². The van der Waals surface area contributed by atoms with Gasteiger partial charge in [0.15, 0.2) is 0 Å². The van der Waals surface area contributed by atoms with Gasteiger partial charge in [-0.2, -0.15) is 0 Å². The van der Waals surface area contributed by atoms with Crippen molar-refractivity contribution in [3.8, 4) is 0 Å². The monoisotopic (exact) mass is 211 g/mol. The molecule has 1 N–H and O–H groups in total. The number of ether oxygens (including phenoxy) is 1. The van der Waals surface area contributed by atoms with Crippen molar-refractivity contribution in [1.29, 1.82) is 0 Å². The topological polar surface area (TPSA) is 21.3 Å². The van der Waals surface area contributed by atoms with Gasteiger partial charge in [0.2, 0.25) is 0 Å². The lowest BCUT2D eigenvalue weighted by molar-refractivity contribution is 0.183. The fraction of sp³-hybridized carbons (Fsp3) is 1.00. The van der Waals surface area contributed by atoms with Gasteiger partial charge in [0.25, 0.3) is 0 Å². The lowest BCUT2D eigenvalue weighted by atomic mass is 9.82. The van der Waals surface area contributed by atoms with Gasteiger partial charge in [0.05, 0.1) is 6.61 Å². The molecule has 0 radical (unpaired) electrons. The summed E-state index contributed by atoms with van der Waals surface area (Å²) in [6.45, 7) is 5.53. The molecule has 1 aliphatic heterocycles. The predicted octanol–water partition coefficient (Wildman–Crippen LogP) is 2.73. The Morgan fingerprint density at radius 2 is 1.93 bits per heavy atom. The van der Waals surface area contributed by atoms with Crippen molar-refractivity contribution in [2.75, 3.05) is 19.8 Å². The van der Waals surface area contributed by atoms with Gasteiger partial charge in [-0.25, -0.2) is 0 Å². The molecule has 1 atom stereocenters. The zero-order chi connectivity index (χ0) is 10.6. The molecule has 1 heterocycles. The maximum atomic E-state index is 5.39. The van der Waals surface area contributed by atoms with Crippen LogP contribution >= 0.6 is 0 Å². The fourth-order valence-electron chi connectivity index (χ4n) is 2.85. The van der Waals surface area contributed by atoms with Crippen molar-refractivity contribution in [1.82, 2.24) is 5.32 Å². The summed E-state index contributed by atoms with van der Waals surface area (Å²) in [5.41, 5.74) is 0.555. The third kappa shape index (κ3) is 3.46. The predicted molar refractivity (Wildman–Crippen MR) is 63.0 cm³/mol. The fourth-order valence-corrected chi connectivity index (χ4v) is 2.85. The Kier molecular flexibility index (Phi) is 4.04. The molecule has 88 valence electrons. The van der Waals surface area contributed by atoms with Crippen LogP contribution in [0.1, 0.15) is 51.9 Å². The Balaban J connectivity index is 1.75. The molecule has 2 heteroatoms. The maximum Gasteiger partial charge on any atom is 0.0620 e. The van der Waals surface area contributed by atoms with E-state index in [0.29, 0.717) is 11.5 Å². The third-order valence-electron chi connectivity index (χ3n) is 4.06. The van der Waals surface area contributed by atoms with Crippen LogP contribution in [0.3, 0.4) is 0 Å². The molecule has 0 bridgehead atoms. The largest absolute Gasteiger partial charge is 0.380 e. The molecular weight excluding hydrogens is 186 g/mol. The summed E-state index contributed by atoms with van der Waals surface area (Å²) in [6.07, 6.45) is 9.78. The molecule has 1 saturated heterocycles. The summed E-state index contributed by atoms with van der Waals surface area (Å²) in [6, 6.07) is 0.630. The van der Waals surface area contributed by atoms with Crippen LogP contribution < -0.4 is 5.32 Å². The Labute approximate surface area is 93.8 Å². The average Bonchev–Trinajstić information content (AvgIpc) is 2.65. The van der Waals surface area contributed by atoms with E-state index in [1.165, 1.54) is 51.5 Å². The molecule has 2 rings (SSSR count). The van der Waals surface area contributed by atoms with Gasteiger partial charge in [-0.05, 0) is 24.7 Å². The van der Waals surface area contributed by atoms with Gasteiger partial charge >= 0.3 is 0 Å². The van der Waals surface area contributed by atoms with Gasteiger partial charge in [0, 0.05) is 19.2 Å². The number of hydrogen-bond acceptors (Lipinski definition) is 2. The van der Waals surface area contributed by atoms with E-state index in [-0.39, 0.29) is 0 Å². The van der Waals surface area contributed by atoms with E-state index >= 15 is 0 Å². The van der Waals surface area contributed by atoms with Crippen LogP contribution in [0.2, 0.25) is 0 Å². The van der Waals surface area contributed by atoms with E-state index in [4.69, 9.17) is 4.74 Å². The average molecular weight is 211 g/mol. The Morgan fingerprint density at radius 3 is 2.53 bits per heavy atom.